The minimum absolute atomic E-state index is 0.489. The second kappa shape index (κ2) is 11.2. The first-order valence-electron chi connectivity index (χ1n) is 17.1. The molecule has 0 amide bonds. The van der Waals surface area contributed by atoms with Gasteiger partial charge in [0.1, 0.15) is 5.69 Å². The summed E-state index contributed by atoms with van der Waals surface area (Å²) in [6, 6.07) is 42.3. The average Bonchev–Trinajstić information content (AvgIpc) is 3.88. The third kappa shape index (κ3) is 4.68. The monoisotopic (exact) mass is 655 g/mol. The van der Waals surface area contributed by atoms with Crippen LogP contribution in [0.3, 0.4) is 0 Å². The van der Waals surface area contributed by atoms with E-state index in [4.69, 9.17) is 25.3 Å². The number of rotatable bonds is 6. The average molecular weight is 656 g/mol. The molecule has 4 aromatic carbocycles. The number of fused-ring (bicyclic) bond motifs is 4. The van der Waals surface area contributed by atoms with Crippen molar-refractivity contribution in [3.8, 4) is 28.2 Å². The van der Waals surface area contributed by atoms with E-state index in [1.54, 1.807) is 0 Å². The molecule has 1 saturated carbocycles. The van der Waals surface area contributed by atoms with Gasteiger partial charge in [-0.05, 0) is 47.0 Å². The molecule has 244 valence electrons. The Hall–Kier alpha value is -5.67. The number of aromatic nitrogens is 5. The van der Waals surface area contributed by atoms with E-state index >= 15 is 0 Å². The van der Waals surface area contributed by atoms with Crippen LogP contribution in [0.2, 0.25) is 0 Å². The molecule has 8 aromatic rings. The fourth-order valence-electron chi connectivity index (χ4n) is 7.95. The molecule has 2 fully saturated rings. The predicted octanol–water partition coefficient (Wildman–Crippen LogP) is 7.19. The van der Waals surface area contributed by atoms with Crippen molar-refractivity contribution in [3.63, 3.8) is 0 Å². The first kappa shape index (κ1) is 29.3. The largest absolute Gasteiger partial charge is 0.347 e. The quantitative estimate of drug-likeness (QED) is 0.192. The molecule has 1 aliphatic carbocycles. The van der Waals surface area contributed by atoms with Crippen molar-refractivity contribution in [3.05, 3.63) is 151 Å². The van der Waals surface area contributed by atoms with E-state index in [2.05, 4.69) is 141 Å². The Morgan fingerprint density at radius 1 is 0.760 bits per heavy atom. The third-order valence-corrected chi connectivity index (χ3v) is 10.4. The fourth-order valence-corrected chi connectivity index (χ4v) is 7.95. The number of hydrogen-bond acceptors (Lipinski definition) is 5. The topological polar surface area (TPSA) is 84.2 Å². The highest BCUT2D eigenvalue weighted by atomic mass is 16.7. The molecule has 8 nitrogen and oxygen atoms in total. The molecule has 10 rings (SSSR count). The van der Waals surface area contributed by atoms with Crippen LogP contribution >= 0.6 is 0 Å². The summed E-state index contributed by atoms with van der Waals surface area (Å²) in [4.78, 5) is 4.93. The number of para-hydroxylation sites is 1. The van der Waals surface area contributed by atoms with Crippen molar-refractivity contribution in [1.29, 1.82) is 0 Å². The van der Waals surface area contributed by atoms with Crippen LogP contribution in [0.15, 0.2) is 140 Å². The summed E-state index contributed by atoms with van der Waals surface area (Å²) in [5.74, 6) is 0.324. The number of nitrogens with two attached hydrogens (primary N) is 1. The Labute approximate surface area is 289 Å². The van der Waals surface area contributed by atoms with Crippen LogP contribution in [0, 0.1) is 0 Å². The second-order valence-electron chi connectivity index (χ2n) is 13.6. The summed E-state index contributed by atoms with van der Waals surface area (Å²) in [6.45, 7) is 2.01. The summed E-state index contributed by atoms with van der Waals surface area (Å²) >= 11 is 0. The van der Waals surface area contributed by atoms with E-state index in [0.29, 0.717) is 26.1 Å². The van der Waals surface area contributed by atoms with Crippen LogP contribution in [-0.2, 0) is 21.6 Å². The lowest BCUT2D eigenvalue weighted by Gasteiger charge is -2.50. The van der Waals surface area contributed by atoms with Crippen LogP contribution in [0.5, 0.6) is 0 Å². The smallest absolute Gasteiger partial charge is 0.316 e. The number of ether oxygens (including phenoxy) is 2. The van der Waals surface area contributed by atoms with Gasteiger partial charge in [0.05, 0.1) is 46.5 Å². The highest BCUT2D eigenvalue weighted by Crippen LogP contribution is 2.51. The highest BCUT2D eigenvalue weighted by molar-refractivity contribution is 5.96. The Morgan fingerprint density at radius 3 is 2.26 bits per heavy atom. The molecule has 5 heterocycles. The molecule has 0 bridgehead atoms. The summed E-state index contributed by atoms with van der Waals surface area (Å²) in [7, 11) is 0. The molecule has 0 unspecified atom stereocenters. The van der Waals surface area contributed by atoms with Crippen molar-refractivity contribution < 1.29 is 13.9 Å². The van der Waals surface area contributed by atoms with Crippen molar-refractivity contribution >= 4 is 27.5 Å². The van der Waals surface area contributed by atoms with Gasteiger partial charge in [-0.15, -0.1) is 0 Å². The Bertz CT molecular complexity index is 2530. The summed E-state index contributed by atoms with van der Waals surface area (Å²) in [5, 5.41) is 7.56. The molecule has 8 heteroatoms. The normalized spacial score (nSPS) is 16.4. The molecule has 50 heavy (non-hydrogen) atoms. The van der Waals surface area contributed by atoms with E-state index in [-0.39, 0.29) is 0 Å². The Balaban J connectivity index is 1.16. The first-order chi connectivity index (χ1) is 24.6. The van der Waals surface area contributed by atoms with E-state index in [0.717, 1.165) is 67.8 Å². The molecule has 0 radical (unpaired) electrons. The number of nitrogens with zero attached hydrogens (tertiary/aromatic N) is 5. The molecule has 1 aliphatic heterocycles. The minimum Gasteiger partial charge on any atom is -0.347 e. The van der Waals surface area contributed by atoms with Crippen molar-refractivity contribution in [2.45, 2.75) is 30.7 Å². The van der Waals surface area contributed by atoms with Crippen LogP contribution in [0.25, 0.3) is 55.7 Å². The first-order valence-corrected chi connectivity index (χ1v) is 17.1. The SMILES string of the molecule is NC1(c2ccc(-n3nc(-c4cn(Cc5ccccc5)c5ccccc45)[n+]4ccc5ncc(-c6ccccc6)cc5c34)cc2)CC2(C1)OCCO2. The molecule has 1 spiro atoms. The summed E-state index contributed by atoms with van der Waals surface area (Å²) in [5.41, 5.74) is 15.9. The minimum atomic E-state index is -0.529. The molecular weight excluding hydrogens is 621 g/mol. The van der Waals surface area contributed by atoms with E-state index in [9.17, 15) is 0 Å². The zero-order chi connectivity index (χ0) is 33.3. The van der Waals surface area contributed by atoms with E-state index in [1.165, 1.54) is 5.56 Å². The zero-order valence-electron chi connectivity index (χ0n) is 27.4. The maximum atomic E-state index is 6.90. The Morgan fingerprint density at radius 2 is 1.48 bits per heavy atom. The molecule has 2 N–H and O–H groups in total. The van der Waals surface area contributed by atoms with Gasteiger partial charge < -0.3 is 19.8 Å². The van der Waals surface area contributed by atoms with Crippen LogP contribution in [-0.4, -0.2) is 38.3 Å². The van der Waals surface area contributed by atoms with Gasteiger partial charge in [0.25, 0.3) is 5.65 Å². The lowest BCUT2D eigenvalue weighted by molar-refractivity contribution is -0.498. The molecule has 0 atom stereocenters. The second-order valence-corrected chi connectivity index (χ2v) is 13.6. The van der Waals surface area contributed by atoms with Crippen molar-refractivity contribution in [1.82, 2.24) is 19.3 Å². The summed E-state index contributed by atoms with van der Waals surface area (Å²) in [6.07, 6.45) is 7.57. The number of hydrogen-bond donors (Lipinski definition) is 1. The van der Waals surface area contributed by atoms with Crippen LogP contribution < -0.4 is 10.1 Å². The number of benzene rings is 4. The van der Waals surface area contributed by atoms with Gasteiger partial charge in [0.2, 0.25) is 0 Å². The lowest BCUT2D eigenvalue weighted by Crippen LogP contribution is -2.60. The van der Waals surface area contributed by atoms with Gasteiger partial charge in [-0.25, -0.2) is 0 Å². The maximum absolute atomic E-state index is 6.90. The fraction of sp³-hybridized carbons (Fsp3) is 0.167. The molecule has 1 saturated heterocycles. The third-order valence-electron chi connectivity index (χ3n) is 10.4. The molecule has 4 aromatic heterocycles. The van der Waals surface area contributed by atoms with Crippen LogP contribution in [0.1, 0.15) is 24.0 Å². The van der Waals surface area contributed by atoms with Crippen LogP contribution in [0.4, 0.5) is 0 Å². The lowest BCUT2D eigenvalue weighted by atomic mass is 9.68. The van der Waals surface area contributed by atoms with Crippen molar-refractivity contribution in [2.75, 3.05) is 13.2 Å². The van der Waals surface area contributed by atoms with Gasteiger partial charge in [-0.2, -0.15) is 4.40 Å². The van der Waals surface area contributed by atoms with Gasteiger partial charge in [-0.3, -0.25) is 4.98 Å². The standard InChI is InChI=1S/C42H35N6O2/c43-41(27-42(28-41)49-21-22-50-42)32-15-17-33(18-16-32)48-40-35-23-31(30-11-5-2-6-12-30)24-44-37(35)19-20-47(40)39(45-48)36-26-46(25-29-9-3-1-4-10-29)38-14-8-7-13-34(36)38/h1-20,23-24,26H,21-22,25,27-28,43H2/q+1. The predicted molar refractivity (Wildman–Crippen MR) is 194 cm³/mol. The maximum Gasteiger partial charge on any atom is 0.316 e. The highest BCUT2D eigenvalue weighted by Gasteiger charge is 2.57. The molecular formula is C42H35N6O2+. The Kier molecular flexibility index (Phi) is 6.54. The summed E-state index contributed by atoms with van der Waals surface area (Å²) < 4.78 is 18.4. The number of pyridine rings is 2. The van der Waals surface area contributed by atoms with E-state index in [1.807, 2.05) is 12.3 Å². The zero-order valence-corrected chi connectivity index (χ0v) is 27.4. The van der Waals surface area contributed by atoms with Gasteiger partial charge in [0.15, 0.2) is 5.79 Å². The van der Waals surface area contributed by atoms with E-state index < -0.39 is 11.3 Å². The van der Waals surface area contributed by atoms with Gasteiger partial charge in [-0.1, -0.05) is 95.7 Å². The van der Waals surface area contributed by atoms with Gasteiger partial charge >= 0.3 is 5.82 Å². The van der Waals surface area contributed by atoms with Gasteiger partial charge in [0, 0.05) is 48.2 Å². The molecule has 2 aliphatic rings. The van der Waals surface area contributed by atoms with Crippen molar-refractivity contribution in [2.24, 2.45) is 5.73 Å².